The highest BCUT2D eigenvalue weighted by Crippen LogP contribution is 2.39. The molecule has 3 heterocycles. The maximum atomic E-state index is 12.6. The van der Waals surface area contributed by atoms with E-state index in [-0.39, 0.29) is 5.97 Å². The number of hydrogen-bond acceptors (Lipinski definition) is 5. The van der Waals surface area contributed by atoms with E-state index < -0.39 is 6.04 Å². The second-order valence-corrected chi connectivity index (χ2v) is 5.60. The largest absolute Gasteiger partial charge is 0.467 e. The van der Waals surface area contributed by atoms with Crippen LogP contribution in [-0.2, 0) is 9.53 Å². The Morgan fingerprint density at radius 1 is 1.33 bits per heavy atom. The maximum Gasteiger partial charge on any atom is 0.338 e. The van der Waals surface area contributed by atoms with E-state index in [4.69, 9.17) is 9.15 Å². The normalized spacial score (nSPS) is 16.8. The first-order valence-corrected chi connectivity index (χ1v) is 7.86. The van der Waals surface area contributed by atoms with E-state index in [1.807, 2.05) is 47.9 Å². The van der Waals surface area contributed by atoms with Gasteiger partial charge in [-0.05, 0) is 38.1 Å². The fraction of sp³-hybridized carbons (Fsp3) is 0.222. The molecule has 0 saturated carbocycles. The van der Waals surface area contributed by atoms with Crippen molar-refractivity contribution in [2.24, 2.45) is 0 Å². The highest BCUT2D eigenvalue weighted by Gasteiger charge is 2.36. The number of hydrogen-bond donors (Lipinski definition) is 1. The number of benzene rings is 1. The van der Waals surface area contributed by atoms with E-state index in [0.29, 0.717) is 23.9 Å². The highest BCUT2D eigenvalue weighted by molar-refractivity contribution is 5.93. The SMILES string of the molecule is CCOC(=O)C1=C(C)Nc2nc3ccccc3n2[C@H]1c1ccco1. The van der Waals surface area contributed by atoms with Crippen LogP contribution in [0.3, 0.4) is 0 Å². The first kappa shape index (κ1) is 14.6. The standard InChI is InChI=1S/C18H17N3O3/c1-3-23-17(22)15-11(2)19-18-20-12-7-4-5-8-13(12)21(18)16(15)14-9-6-10-24-14/h4-10,16H,3H2,1-2H3,(H,19,20)/t16-/m0/s1. The molecular weight excluding hydrogens is 306 g/mol. The van der Waals surface area contributed by atoms with Crippen LogP contribution >= 0.6 is 0 Å². The molecular formula is C18H17N3O3. The lowest BCUT2D eigenvalue weighted by Crippen LogP contribution is -2.28. The van der Waals surface area contributed by atoms with Gasteiger partial charge in [0.15, 0.2) is 0 Å². The van der Waals surface area contributed by atoms with Gasteiger partial charge in [-0.2, -0.15) is 0 Å². The Kier molecular flexibility index (Phi) is 3.37. The summed E-state index contributed by atoms with van der Waals surface area (Å²) in [4.78, 5) is 17.2. The molecule has 1 N–H and O–H groups in total. The Balaban J connectivity index is 1.97. The second kappa shape index (κ2) is 5.56. The van der Waals surface area contributed by atoms with Crippen LogP contribution in [0.15, 0.2) is 58.3 Å². The quantitative estimate of drug-likeness (QED) is 0.747. The number of carbonyl (C=O) groups excluding carboxylic acids is 1. The molecule has 0 amide bonds. The van der Waals surface area contributed by atoms with Crippen molar-refractivity contribution in [3.63, 3.8) is 0 Å². The Hall–Kier alpha value is -3.02. The molecule has 1 atom stereocenters. The summed E-state index contributed by atoms with van der Waals surface area (Å²) in [7, 11) is 0. The fourth-order valence-electron chi connectivity index (χ4n) is 3.15. The molecule has 0 bridgehead atoms. The minimum atomic E-state index is -0.414. The van der Waals surface area contributed by atoms with Crippen molar-refractivity contribution in [2.45, 2.75) is 19.9 Å². The second-order valence-electron chi connectivity index (χ2n) is 5.60. The number of rotatable bonds is 3. The number of nitrogens with one attached hydrogen (secondary N) is 1. The number of nitrogens with zero attached hydrogens (tertiary/aromatic N) is 2. The molecule has 1 aliphatic heterocycles. The van der Waals surface area contributed by atoms with Crippen LogP contribution in [0.4, 0.5) is 5.95 Å². The molecule has 24 heavy (non-hydrogen) atoms. The van der Waals surface area contributed by atoms with Crippen molar-refractivity contribution in [3.05, 3.63) is 59.7 Å². The number of carbonyl (C=O) groups is 1. The van der Waals surface area contributed by atoms with Crippen LogP contribution in [0.25, 0.3) is 11.0 Å². The topological polar surface area (TPSA) is 69.3 Å². The molecule has 3 aromatic rings. The summed E-state index contributed by atoms with van der Waals surface area (Å²) >= 11 is 0. The van der Waals surface area contributed by atoms with Gasteiger partial charge >= 0.3 is 5.97 Å². The fourth-order valence-corrected chi connectivity index (χ4v) is 3.15. The van der Waals surface area contributed by atoms with Crippen LogP contribution in [0.2, 0.25) is 0 Å². The lowest BCUT2D eigenvalue weighted by atomic mass is 10.0. The van der Waals surface area contributed by atoms with E-state index in [0.717, 1.165) is 16.7 Å². The van der Waals surface area contributed by atoms with E-state index in [1.54, 1.807) is 13.2 Å². The average molecular weight is 323 g/mol. The molecule has 122 valence electrons. The maximum absolute atomic E-state index is 12.6. The Bertz CT molecular complexity index is 938. The van der Waals surface area contributed by atoms with Gasteiger partial charge in [-0.3, -0.25) is 4.57 Å². The van der Waals surface area contributed by atoms with Gasteiger partial charge in [0.2, 0.25) is 5.95 Å². The number of aromatic nitrogens is 2. The summed E-state index contributed by atoms with van der Waals surface area (Å²) in [5.41, 5.74) is 3.03. The zero-order valence-electron chi connectivity index (χ0n) is 13.4. The number of furan rings is 1. The summed E-state index contributed by atoms with van der Waals surface area (Å²) in [6, 6.07) is 11.1. The first-order valence-electron chi connectivity index (χ1n) is 7.86. The van der Waals surface area contributed by atoms with Crippen LogP contribution in [0.1, 0.15) is 25.6 Å². The zero-order chi connectivity index (χ0) is 16.7. The molecule has 0 radical (unpaired) electrons. The van der Waals surface area contributed by atoms with Crippen molar-refractivity contribution in [3.8, 4) is 0 Å². The Labute approximate surface area is 138 Å². The molecule has 1 aliphatic rings. The Morgan fingerprint density at radius 2 is 2.17 bits per heavy atom. The van der Waals surface area contributed by atoms with Crippen LogP contribution in [0.5, 0.6) is 0 Å². The molecule has 0 fully saturated rings. The summed E-state index contributed by atoms with van der Waals surface area (Å²) in [6.45, 7) is 3.97. The van der Waals surface area contributed by atoms with Gasteiger partial charge in [0.05, 0.1) is 29.5 Å². The lowest BCUT2D eigenvalue weighted by Gasteiger charge is -2.28. The van der Waals surface area contributed by atoms with Gasteiger partial charge in [0.1, 0.15) is 11.8 Å². The molecule has 1 aromatic carbocycles. The van der Waals surface area contributed by atoms with Gasteiger partial charge in [-0.25, -0.2) is 9.78 Å². The van der Waals surface area contributed by atoms with E-state index in [9.17, 15) is 4.79 Å². The molecule has 2 aromatic heterocycles. The minimum Gasteiger partial charge on any atom is -0.467 e. The molecule has 0 unspecified atom stereocenters. The molecule has 0 aliphatic carbocycles. The first-order chi connectivity index (χ1) is 11.7. The van der Waals surface area contributed by atoms with E-state index in [1.165, 1.54) is 0 Å². The monoisotopic (exact) mass is 323 g/mol. The van der Waals surface area contributed by atoms with Gasteiger partial charge in [-0.15, -0.1) is 0 Å². The van der Waals surface area contributed by atoms with E-state index >= 15 is 0 Å². The number of allylic oxidation sites excluding steroid dienone is 1. The van der Waals surface area contributed by atoms with Crippen molar-refractivity contribution in [2.75, 3.05) is 11.9 Å². The third-order valence-corrected chi connectivity index (χ3v) is 4.14. The lowest BCUT2D eigenvalue weighted by molar-refractivity contribution is -0.139. The third-order valence-electron chi connectivity index (χ3n) is 4.14. The van der Waals surface area contributed by atoms with Gasteiger partial charge in [0, 0.05) is 5.70 Å². The number of ether oxygens (including phenoxy) is 1. The number of esters is 1. The molecule has 6 nitrogen and oxygen atoms in total. The predicted octanol–water partition coefficient (Wildman–Crippen LogP) is 3.48. The van der Waals surface area contributed by atoms with Gasteiger partial charge < -0.3 is 14.5 Å². The third kappa shape index (κ3) is 2.11. The Morgan fingerprint density at radius 3 is 2.92 bits per heavy atom. The van der Waals surface area contributed by atoms with Crippen LogP contribution in [0, 0.1) is 0 Å². The van der Waals surface area contributed by atoms with Crippen molar-refractivity contribution in [1.29, 1.82) is 0 Å². The summed E-state index contributed by atoms with van der Waals surface area (Å²) < 4.78 is 12.9. The van der Waals surface area contributed by atoms with E-state index in [2.05, 4.69) is 10.3 Å². The summed E-state index contributed by atoms with van der Waals surface area (Å²) in [5, 5.41) is 3.22. The molecule has 0 spiro atoms. The number of imidazole rings is 1. The van der Waals surface area contributed by atoms with Gasteiger partial charge in [0.25, 0.3) is 0 Å². The van der Waals surface area contributed by atoms with Crippen LogP contribution < -0.4 is 5.32 Å². The van der Waals surface area contributed by atoms with Crippen molar-refractivity contribution >= 4 is 23.0 Å². The smallest absolute Gasteiger partial charge is 0.338 e. The minimum absolute atomic E-state index is 0.317. The summed E-state index contributed by atoms with van der Waals surface area (Å²) in [5.74, 6) is 0.999. The van der Waals surface area contributed by atoms with Gasteiger partial charge in [-0.1, -0.05) is 12.1 Å². The molecule has 0 saturated heterocycles. The number of para-hydroxylation sites is 2. The highest BCUT2D eigenvalue weighted by atomic mass is 16.5. The predicted molar refractivity (Wildman–Crippen MR) is 89.5 cm³/mol. The van der Waals surface area contributed by atoms with Crippen LogP contribution in [-0.4, -0.2) is 22.1 Å². The summed E-state index contributed by atoms with van der Waals surface area (Å²) in [6.07, 6.45) is 1.61. The average Bonchev–Trinajstić information content (AvgIpc) is 3.21. The van der Waals surface area contributed by atoms with Crippen molar-refractivity contribution in [1.82, 2.24) is 9.55 Å². The van der Waals surface area contributed by atoms with Crippen molar-refractivity contribution < 1.29 is 13.9 Å². The molecule has 6 heteroatoms. The number of anilines is 1. The molecule has 4 rings (SSSR count). The zero-order valence-corrected chi connectivity index (χ0v) is 13.4. The number of fused-ring (bicyclic) bond motifs is 3.